The van der Waals surface area contributed by atoms with Gasteiger partial charge in [0.1, 0.15) is 0 Å². The van der Waals surface area contributed by atoms with Crippen molar-refractivity contribution in [1.29, 1.82) is 0 Å². The molecular formula is C10H17ClN2OS. The molecule has 0 amide bonds. The van der Waals surface area contributed by atoms with Crippen molar-refractivity contribution >= 4 is 23.7 Å². The molecule has 1 saturated heterocycles. The first-order valence-corrected chi connectivity index (χ1v) is 5.88. The molecule has 0 aromatic carbocycles. The molecule has 5 heteroatoms. The number of halogens is 1. The molecule has 2 N–H and O–H groups in total. The van der Waals surface area contributed by atoms with Crippen LogP contribution in [0.25, 0.3) is 0 Å². The number of morpholine rings is 1. The molecule has 1 fully saturated rings. The highest BCUT2D eigenvalue weighted by atomic mass is 35.5. The van der Waals surface area contributed by atoms with E-state index in [-0.39, 0.29) is 18.5 Å². The van der Waals surface area contributed by atoms with Crippen molar-refractivity contribution in [3.8, 4) is 0 Å². The summed E-state index contributed by atoms with van der Waals surface area (Å²) in [7, 11) is 0. The van der Waals surface area contributed by atoms with Gasteiger partial charge >= 0.3 is 0 Å². The second kappa shape index (κ2) is 6.45. The standard InChI is InChI=1S/C10H16N2OS.ClH/c11-5-10-7-12(2-3-13-10)6-9-1-4-14-8-9;/h1,4,8,10H,2-3,5-7,11H2;1H. The van der Waals surface area contributed by atoms with Gasteiger partial charge in [0, 0.05) is 26.2 Å². The minimum absolute atomic E-state index is 0. The van der Waals surface area contributed by atoms with Crippen LogP contribution in [0.5, 0.6) is 0 Å². The summed E-state index contributed by atoms with van der Waals surface area (Å²) in [4.78, 5) is 2.41. The van der Waals surface area contributed by atoms with Crippen molar-refractivity contribution in [2.24, 2.45) is 5.73 Å². The van der Waals surface area contributed by atoms with E-state index in [1.165, 1.54) is 5.56 Å². The van der Waals surface area contributed by atoms with E-state index < -0.39 is 0 Å². The van der Waals surface area contributed by atoms with Crippen LogP contribution in [0, 0.1) is 0 Å². The van der Waals surface area contributed by atoms with Crippen LogP contribution in [-0.4, -0.2) is 37.2 Å². The smallest absolute Gasteiger partial charge is 0.0824 e. The summed E-state index contributed by atoms with van der Waals surface area (Å²) in [5.41, 5.74) is 6.99. The Kier molecular flexibility index (Phi) is 5.56. The predicted octanol–water partition coefficient (Wildman–Crippen LogP) is 1.33. The molecule has 0 bridgehead atoms. The molecular weight excluding hydrogens is 232 g/mol. The maximum absolute atomic E-state index is 5.59. The summed E-state index contributed by atoms with van der Waals surface area (Å²) in [5.74, 6) is 0. The Labute approximate surface area is 101 Å². The summed E-state index contributed by atoms with van der Waals surface area (Å²) >= 11 is 1.75. The molecule has 0 aliphatic carbocycles. The summed E-state index contributed by atoms with van der Waals surface area (Å²) in [6, 6.07) is 2.18. The van der Waals surface area contributed by atoms with Gasteiger partial charge in [-0.15, -0.1) is 12.4 Å². The third-order valence-electron chi connectivity index (χ3n) is 2.47. The van der Waals surface area contributed by atoms with Crippen LogP contribution in [0.2, 0.25) is 0 Å². The summed E-state index contributed by atoms with van der Waals surface area (Å²) in [6.45, 7) is 4.45. The fourth-order valence-corrected chi connectivity index (χ4v) is 2.37. The number of hydrogen-bond donors (Lipinski definition) is 1. The third kappa shape index (κ3) is 3.74. The molecule has 0 radical (unpaired) electrons. The van der Waals surface area contributed by atoms with Gasteiger partial charge < -0.3 is 10.5 Å². The molecule has 1 aromatic rings. The Morgan fingerprint density at radius 1 is 1.60 bits per heavy atom. The molecule has 1 aliphatic heterocycles. The first-order valence-electron chi connectivity index (χ1n) is 4.93. The minimum Gasteiger partial charge on any atom is -0.374 e. The van der Waals surface area contributed by atoms with E-state index in [0.717, 1.165) is 26.2 Å². The van der Waals surface area contributed by atoms with Gasteiger partial charge in [0.05, 0.1) is 12.7 Å². The lowest BCUT2D eigenvalue weighted by Crippen LogP contribution is -2.45. The van der Waals surface area contributed by atoms with Crippen molar-refractivity contribution in [2.75, 3.05) is 26.2 Å². The van der Waals surface area contributed by atoms with Crippen molar-refractivity contribution < 1.29 is 4.74 Å². The highest BCUT2D eigenvalue weighted by Gasteiger charge is 2.18. The molecule has 1 unspecified atom stereocenters. The molecule has 2 heterocycles. The summed E-state index contributed by atoms with van der Waals surface area (Å²) < 4.78 is 5.51. The molecule has 1 atom stereocenters. The molecule has 3 nitrogen and oxygen atoms in total. The quantitative estimate of drug-likeness (QED) is 0.877. The van der Waals surface area contributed by atoms with E-state index in [1.54, 1.807) is 11.3 Å². The van der Waals surface area contributed by atoms with Gasteiger partial charge in [-0.05, 0) is 22.4 Å². The number of rotatable bonds is 3. The fourth-order valence-electron chi connectivity index (χ4n) is 1.71. The Hall–Kier alpha value is -0.130. The fraction of sp³-hybridized carbons (Fsp3) is 0.600. The molecule has 1 aliphatic rings. The van der Waals surface area contributed by atoms with E-state index >= 15 is 0 Å². The number of nitrogens with two attached hydrogens (primary N) is 1. The number of nitrogens with zero attached hydrogens (tertiary/aromatic N) is 1. The van der Waals surface area contributed by atoms with E-state index in [1.807, 2.05) is 0 Å². The summed E-state index contributed by atoms with van der Waals surface area (Å²) in [6.07, 6.45) is 0.224. The number of ether oxygens (including phenoxy) is 1. The monoisotopic (exact) mass is 248 g/mol. The van der Waals surface area contributed by atoms with E-state index in [2.05, 4.69) is 21.7 Å². The topological polar surface area (TPSA) is 38.5 Å². The van der Waals surface area contributed by atoms with Crippen LogP contribution in [0.4, 0.5) is 0 Å². The van der Waals surface area contributed by atoms with Crippen LogP contribution in [0.3, 0.4) is 0 Å². The Balaban J connectivity index is 0.00000112. The van der Waals surface area contributed by atoms with Gasteiger partial charge in [0.25, 0.3) is 0 Å². The molecule has 86 valence electrons. The lowest BCUT2D eigenvalue weighted by molar-refractivity contribution is -0.0260. The first kappa shape index (κ1) is 12.9. The number of thiophene rings is 1. The van der Waals surface area contributed by atoms with Gasteiger partial charge in [-0.1, -0.05) is 0 Å². The van der Waals surface area contributed by atoms with Crippen LogP contribution in [0.15, 0.2) is 16.8 Å². The maximum atomic E-state index is 5.59. The lowest BCUT2D eigenvalue weighted by Gasteiger charge is -2.32. The Morgan fingerprint density at radius 2 is 2.47 bits per heavy atom. The first-order chi connectivity index (χ1) is 6.88. The molecule has 0 saturated carbocycles. The van der Waals surface area contributed by atoms with E-state index in [9.17, 15) is 0 Å². The van der Waals surface area contributed by atoms with Gasteiger partial charge in [-0.3, -0.25) is 4.90 Å². The van der Waals surface area contributed by atoms with E-state index in [0.29, 0.717) is 6.54 Å². The normalized spacial score (nSPS) is 22.3. The predicted molar refractivity (Wildman–Crippen MR) is 65.6 cm³/mol. The highest BCUT2D eigenvalue weighted by Crippen LogP contribution is 2.12. The van der Waals surface area contributed by atoms with Crippen LogP contribution in [0.1, 0.15) is 5.56 Å². The molecule has 0 spiro atoms. The van der Waals surface area contributed by atoms with Crippen molar-refractivity contribution in [2.45, 2.75) is 12.6 Å². The molecule has 1 aromatic heterocycles. The molecule has 2 rings (SSSR count). The van der Waals surface area contributed by atoms with Gasteiger partial charge in [0.15, 0.2) is 0 Å². The Bertz CT molecular complexity index is 268. The minimum atomic E-state index is 0. The van der Waals surface area contributed by atoms with Crippen molar-refractivity contribution in [3.63, 3.8) is 0 Å². The largest absolute Gasteiger partial charge is 0.374 e. The second-order valence-corrected chi connectivity index (χ2v) is 4.38. The zero-order valence-corrected chi connectivity index (χ0v) is 10.2. The zero-order chi connectivity index (χ0) is 9.80. The summed E-state index contributed by atoms with van der Waals surface area (Å²) in [5, 5.41) is 4.32. The van der Waals surface area contributed by atoms with Crippen molar-refractivity contribution in [3.05, 3.63) is 22.4 Å². The van der Waals surface area contributed by atoms with Crippen LogP contribution >= 0.6 is 23.7 Å². The van der Waals surface area contributed by atoms with E-state index in [4.69, 9.17) is 10.5 Å². The van der Waals surface area contributed by atoms with Gasteiger partial charge in [0.2, 0.25) is 0 Å². The average Bonchev–Trinajstić information content (AvgIpc) is 2.71. The lowest BCUT2D eigenvalue weighted by atomic mass is 10.2. The van der Waals surface area contributed by atoms with Crippen molar-refractivity contribution in [1.82, 2.24) is 4.90 Å². The zero-order valence-electron chi connectivity index (χ0n) is 8.59. The SMILES string of the molecule is Cl.NCC1CN(Cc2ccsc2)CCO1. The Morgan fingerprint density at radius 3 is 3.13 bits per heavy atom. The second-order valence-electron chi connectivity index (χ2n) is 3.60. The number of hydrogen-bond acceptors (Lipinski definition) is 4. The third-order valence-corrected chi connectivity index (χ3v) is 3.20. The van der Waals surface area contributed by atoms with Crippen LogP contribution < -0.4 is 5.73 Å². The van der Waals surface area contributed by atoms with Gasteiger partial charge in [-0.25, -0.2) is 0 Å². The average molecular weight is 249 g/mol. The van der Waals surface area contributed by atoms with Crippen LogP contribution in [-0.2, 0) is 11.3 Å². The maximum Gasteiger partial charge on any atom is 0.0824 e. The molecule has 15 heavy (non-hydrogen) atoms. The highest BCUT2D eigenvalue weighted by molar-refractivity contribution is 7.07. The van der Waals surface area contributed by atoms with Gasteiger partial charge in [-0.2, -0.15) is 11.3 Å².